The quantitative estimate of drug-likeness (QED) is 0.231. The van der Waals surface area contributed by atoms with Gasteiger partial charge in [0.05, 0.1) is 6.10 Å². The Morgan fingerprint density at radius 3 is 2.33 bits per heavy atom. The fourth-order valence-corrected chi connectivity index (χ4v) is 8.60. The van der Waals surface area contributed by atoms with E-state index in [1.165, 1.54) is 6.42 Å². The number of hydrogen-bond acceptors (Lipinski definition) is 6. The molecule has 0 saturated heterocycles. The van der Waals surface area contributed by atoms with Crippen LogP contribution in [0.25, 0.3) is 0 Å². The van der Waals surface area contributed by atoms with Crippen molar-refractivity contribution in [2.24, 2.45) is 28.6 Å². The van der Waals surface area contributed by atoms with Gasteiger partial charge in [-0.05, 0) is 38.5 Å². The van der Waals surface area contributed by atoms with E-state index in [4.69, 9.17) is 21.1 Å². The van der Waals surface area contributed by atoms with Gasteiger partial charge in [0.1, 0.15) is 0 Å². The van der Waals surface area contributed by atoms with Gasteiger partial charge in [-0.1, -0.05) is 71.8 Å². The first-order chi connectivity index (χ1) is 18.2. The van der Waals surface area contributed by atoms with Gasteiger partial charge in [-0.25, -0.2) is 4.39 Å². The first-order valence-corrected chi connectivity index (χ1v) is 15.0. The Balaban J connectivity index is 0.00000134. The number of halogens is 2. The lowest BCUT2D eigenvalue weighted by Gasteiger charge is -2.64. The molecule has 0 radical (unpaired) electrons. The maximum Gasteiger partial charge on any atom is 0.306 e. The Kier molecular flexibility index (Phi) is 9.49. The van der Waals surface area contributed by atoms with E-state index in [-0.39, 0.29) is 19.3 Å². The summed E-state index contributed by atoms with van der Waals surface area (Å²) >= 11 is 6.95. The van der Waals surface area contributed by atoms with Crippen LogP contribution in [0.4, 0.5) is 4.39 Å². The van der Waals surface area contributed by atoms with Gasteiger partial charge in [-0.2, -0.15) is 0 Å². The molecule has 0 aromatic heterocycles. The number of ketones is 1. The smallest absolute Gasteiger partial charge is 0.306 e. The molecule has 8 heteroatoms. The van der Waals surface area contributed by atoms with Crippen molar-refractivity contribution < 1.29 is 33.4 Å². The Bertz CT molecular complexity index is 1030. The zero-order chi connectivity index (χ0) is 29.4. The van der Waals surface area contributed by atoms with Crippen LogP contribution in [0, 0.1) is 28.6 Å². The van der Waals surface area contributed by atoms with Crippen molar-refractivity contribution in [3.05, 3.63) is 23.8 Å². The Morgan fingerprint density at radius 2 is 1.74 bits per heavy atom. The SMILES string of the molecule is CCC.CCC(=O)OCC(=O)[C@@]1(OC(=O)CC)[C@H](C)C[C@H]2[C@@H]3[C@H](Cl)CC4=CCC=C[C@]4(C)[C@@]3(F)[C@@H](O)C[C@@]21C. The zero-order valence-corrected chi connectivity index (χ0v) is 25.3. The van der Waals surface area contributed by atoms with Crippen molar-refractivity contribution in [2.75, 3.05) is 6.61 Å². The highest BCUT2D eigenvalue weighted by Gasteiger charge is 2.78. The van der Waals surface area contributed by atoms with Crippen molar-refractivity contribution in [2.45, 2.75) is 116 Å². The van der Waals surface area contributed by atoms with Crippen LogP contribution in [0.15, 0.2) is 23.8 Å². The number of rotatable bonds is 6. The lowest BCUT2D eigenvalue weighted by atomic mass is 9.44. The van der Waals surface area contributed by atoms with Gasteiger partial charge in [0.25, 0.3) is 0 Å². The van der Waals surface area contributed by atoms with Crippen LogP contribution < -0.4 is 0 Å². The second-order valence-electron chi connectivity index (χ2n) is 12.2. The molecule has 0 aliphatic heterocycles. The fourth-order valence-electron chi connectivity index (χ4n) is 8.08. The minimum Gasteiger partial charge on any atom is -0.457 e. The minimum atomic E-state index is -2.05. The molecule has 0 aromatic carbocycles. The van der Waals surface area contributed by atoms with Crippen LogP contribution in [0.3, 0.4) is 0 Å². The molecular weight excluding hydrogens is 523 g/mol. The molecule has 0 aromatic rings. The largest absolute Gasteiger partial charge is 0.457 e. The molecule has 0 heterocycles. The topological polar surface area (TPSA) is 89.9 Å². The minimum absolute atomic E-state index is 0.0471. The van der Waals surface area contributed by atoms with Crippen molar-refractivity contribution in [1.82, 2.24) is 0 Å². The summed E-state index contributed by atoms with van der Waals surface area (Å²) < 4.78 is 28.7. The number of Topliss-reactive ketones (excluding diaryl/α,β-unsaturated/α-hetero) is 1. The van der Waals surface area contributed by atoms with Crippen LogP contribution in [-0.4, -0.2) is 52.2 Å². The van der Waals surface area contributed by atoms with Gasteiger partial charge < -0.3 is 14.6 Å². The predicted molar refractivity (Wildman–Crippen MR) is 149 cm³/mol. The van der Waals surface area contributed by atoms with Crippen molar-refractivity contribution in [3.63, 3.8) is 0 Å². The Morgan fingerprint density at radius 1 is 1.13 bits per heavy atom. The molecule has 39 heavy (non-hydrogen) atoms. The number of hydrogen-bond donors (Lipinski definition) is 1. The molecule has 4 aliphatic carbocycles. The van der Waals surface area contributed by atoms with Crippen molar-refractivity contribution in [3.8, 4) is 0 Å². The number of ether oxygens (including phenoxy) is 2. The molecule has 0 bridgehead atoms. The molecule has 4 rings (SSSR count). The predicted octanol–water partition coefficient (Wildman–Crippen LogP) is 6.27. The van der Waals surface area contributed by atoms with Gasteiger partial charge in [0.2, 0.25) is 5.78 Å². The molecule has 1 N–H and O–H groups in total. The van der Waals surface area contributed by atoms with Gasteiger partial charge in [0.15, 0.2) is 17.9 Å². The Labute approximate surface area is 237 Å². The molecule has 0 spiro atoms. The summed E-state index contributed by atoms with van der Waals surface area (Å²) in [5, 5.41) is 11.0. The third-order valence-corrected chi connectivity index (χ3v) is 10.3. The number of carbonyl (C=O) groups is 3. The molecule has 0 unspecified atom stereocenters. The summed E-state index contributed by atoms with van der Waals surface area (Å²) in [4.78, 5) is 38.4. The standard InChI is InChI=1S/C28H38ClFO6.C3H8/c1-6-22(33)35-15-21(32)28(36-23(34)7-2)16(3)12-18-24-19(29)13-17-10-8-9-11-25(17,4)27(24,30)20(31)14-26(18,28)5;1-3-2/h9-11,16,18-20,24,31H,6-8,12-15H2,1-5H3;3H2,1-2H3/t16-,18+,19-,20+,24-,25+,26+,27-,28+;/m1./s1. The summed E-state index contributed by atoms with van der Waals surface area (Å²) in [7, 11) is 0. The summed E-state index contributed by atoms with van der Waals surface area (Å²) in [5.74, 6) is -3.33. The molecule has 6 nitrogen and oxygen atoms in total. The third-order valence-electron chi connectivity index (χ3n) is 9.84. The second kappa shape index (κ2) is 11.6. The highest BCUT2D eigenvalue weighted by atomic mass is 35.5. The average Bonchev–Trinajstić information content (AvgIpc) is 3.10. The summed E-state index contributed by atoms with van der Waals surface area (Å²) in [6, 6.07) is 0. The van der Waals surface area contributed by atoms with Crippen LogP contribution in [0.2, 0.25) is 0 Å². The van der Waals surface area contributed by atoms with E-state index in [1.54, 1.807) is 20.8 Å². The van der Waals surface area contributed by atoms with Gasteiger partial charge in [0, 0.05) is 40.9 Å². The fraction of sp³-hybridized carbons (Fsp3) is 0.774. The van der Waals surface area contributed by atoms with E-state index in [0.717, 1.165) is 5.57 Å². The first-order valence-electron chi connectivity index (χ1n) is 14.5. The molecule has 9 atom stereocenters. The van der Waals surface area contributed by atoms with E-state index in [0.29, 0.717) is 19.3 Å². The normalized spacial score (nSPS) is 42.1. The van der Waals surface area contributed by atoms with E-state index < -0.39 is 75.7 Å². The van der Waals surface area contributed by atoms with Gasteiger partial charge in [-0.3, -0.25) is 14.4 Å². The monoisotopic (exact) mass is 568 g/mol. The lowest BCUT2D eigenvalue weighted by molar-refractivity contribution is -0.227. The molecule has 3 fully saturated rings. The number of aliphatic hydroxyl groups is 1. The van der Waals surface area contributed by atoms with E-state index in [2.05, 4.69) is 13.8 Å². The molecular formula is C31H46ClFO6. The van der Waals surface area contributed by atoms with Crippen LogP contribution in [-0.2, 0) is 23.9 Å². The van der Waals surface area contributed by atoms with E-state index >= 15 is 4.39 Å². The molecule has 3 saturated carbocycles. The van der Waals surface area contributed by atoms with Crippen LogP contribution >= 0.6 is 11.6 Å². The van der Waals surface area contributed by atoms with Crippen LogP contribution in [0.5, 0.6) is 0 Å². The Hall–Kier alpha value is -1.73. The number of alkyl halides is 2. The number of carbonyl (C=O) groups excluding carboxylic acids is 3. The summed E-state index contributed by atoms with van der Waals surface area (Å²) in [6.07, 6.45) is 7.24. The van der Waals surface area contributed by atoms with Crippen molar-refractivity contribution >= 4 is 29.3 Å². The molecule has 4 aliphatic rings. The second-order valence-corrected chi connectivity index (χ2v) is 12.7. The molecule has 220 valence electrons. The number of aliphatic hydroxyl groups excluding tert-OH is 1. The lowest BCUT2D eigenvalue weighted by Crippen LogP contribution is -2.71. The number of allylic oxidation sites excluding steroid dienone is 4. The molecule has 0 amide bonds. The van der Waals surface area contributed by atoms with E-state index in [1.807, 2.05) is 32.1 Å². The summed E-state index contributed by atoms with van der Waals surface area (Å²) in [5.41, 5.74) is -4.94. The highest BCUT2D eigenvalue weighted by molar-refractivity contribution is 6.21. The van der Waals surface area contributed by atoms with E-state index in [9.17, 15) is 19.5 Å². The average molecular weight is 569 g/mol. The maximum absolute atomic E-state index is 17.5. The van der Waals surface area contributed by atoms with Crippen molar-refractivity contribution in [1.29, 1.82) is 0 Å². The highest BCUT2D eigenvalue weighted by Crippen LogP contribution is 2.72. The van der Waals surface area contributed by atoms with Gasteiger partial charge >= 0.3 is 11.9 Å². The number of esters is 2. The third kappa shape index (κ3) is 4.69. The zero-order valence-electron chi connectivity index (χ0n) is 24.5. The summed E-state index contributed by atoms with van der Waals surface area (Å²) in [6.45, 7) is 12.4. The van der Waals surface area contributed by atoms with Gasteiger partial charge in [-0.15, -0.1) is 11.6 Å². The first kappa shape index (κ1) is 31.8. The van der Waals surface area contributed by atoms with Crippen LogP contribution in [0.1, 0.15) is 93.4 Å². The maximum atomic E-state index is 17.5. The number of fused-ring (bicyclic) bond motifs is 5.